The molecule has 1 aromatic carbocycles. The van der Waals surface area contributed by atoms with Crippen molar-refractivity contribution in [3.05, 3.63) is 30.1 Å². The lowest BCUT2D eigenvalue weighted by atomic mass is 10.2. The minimum absolute atomic E-state index is 0.00291. The molecule has 0 saturated carbocycles. The molecule has 3 unspecified atom stereocenters. The van der Waals surface area contributed by atoms with Gasteiger partial charge in [0.25, 0.3) is 0 Å². The van der Waals surface area contributed by atoms with E-state index in [0.717, 1.165) is 19.4 Å². The monoisotopic (exact) mass is 341 g/mol. The molecule has 1 heterocycles. The Labute approximate surface area is 140 Å². The summed E-state index contributed by atoms with van der Waals surface area (Å²) in [5.41, 5.74) is 0. The molecule has 3 atom stereocenters. The summed E-state index contributed by atoms with van der Waals surface area (Å²) in [4.78, 5) is 11.9. The van der Waals surface area contributed by atoms with Gasteiger partial charge in [-0.15, -0.1) is 0 Å². The minimum atomic E-state index is -0.871. The fourth-order valence-corrected chi connectivity index (χ4v) is 2.25. The largest absolute Gasteiger partial charge is 0.491 e. The number of amides is 1. The molecule has 0 aliphatic carbocycles. The zero-order valence-electron chi connectivity index (χ0n) is 13.7. The normalized spacial score (nSPS) is 19.7. The van der Waals surface area contributed by atoms with Crippen molar-refractivity contribution in [1.82, 2.24) is 5.32 Å². The number of nitrogens with one attached hydrogen (secondary N) is 1. The maximum absolute atomic E-state index is 12.8. The first-order valence-electron chi connectivity index (χ1n) is 8.12. The highest BCUT2D eigenvalue weighted by Gasteiger charge is 2.20. The summed E-state index contributed by atoms with van der Waals surface area (Å²) in [6.45, 7) is 2.84. The smallest absolute Gasteiger partial charge is 0.248 e. The number of carbonyl (C=O) groups excluding carboxylic acids is 1. The molecule has 6 nitrogen and oxygen atoms in total. The van der Waals surface area contributed by atoms with Gasteiger partial charge in [-0.3, -0.25) is 4.79 Å². The summed E-state index contributed by atoms with van der Waals surface area (Å²) < 4.78 is 29.0. The van der Waals surface area contributed by atoms with Crippen molar-refractivity contribution in [2.45, 2.75) is 38.1 Å². The van der Waals surface area contributed by atoms with Crippen LogP contribution in [0.4, 0.5) is 4.39 Å². The van der Waals surface area contributed by atoms with Crippen molar-refractivity contribution < 1.29 is 28.5 Å². The molecule has 0 aromatic heterocycles. The van der Waals surface area contributed by atoms with Gasteiger partial charge in [-0.2, -0.15) is 0 Å². The second kappa shape index (κ2) is 9.56. The van der Waals surface area contributed by atoms with Gasteiger partial charge in [-0.05, 0) is 44.0 Å². The van der Waals surface area contributed by atoms with Crippen molar-refractivity contribution >= 4 is 5.91 Å². The molecule has 134 valence electrons. The summed E-state index contributed by atoms with van der Waals surface area (Å²) in [6.07, 6.45) is 0.557. The second-order valence-electron chi connectivity index (χ2n) is 5.77. The van der Waals surface area contributed by atoms with E-state index in [1.54, 1.807) is 6.92 Å². The minimum Gasteiger partial charge on any atom is -0.491 e. The molecule has 1 aliphatic rings. The first-order chi connectivity index (χ1) is 11.5. The summed E-state index contributed by atoms with van der Waals surface area (Å²) >= 11 is 0. The summed E-state index contributed by atoms with van der Waals surface area (Å²) in [5.74, 6) is -0.198. The summed E-state index contributed by atoms with van der Waals surface area (Å²) in [5, 5.41) is 12.4. The number of aliphatic hydroxyl groups is 1. The Morgan fingerprint density at radius 2 is 2.21 bits per heavy atom. The first-order valence-corrected chi connectivity index (χ1v) is 8.12. The van der Waals surface area contributed by atoms with Gasteiger partial charge >= 0.3 is 0 Å². The Kier molecular flexibility index (Phi) is 7.42. The van der Waals surface area contributed by atoms with Crippen LogP contribution < -0.4 is 10.1 Å². The zero-order valence-corrected chi connectivity index (χ0v) is 13.7. The average Bonchev–Trinajstić information content (AvgIpc) is 3.10. The van der Waals surface area contributed by atoms with Gasteiger partial charge in [0.1, 0.15) is 30.4 Å². The van der Waals surface area contributed by atoms with Crippen LogP contribution in [0.3, 0.4) is 0 Å². The Morgan fingerprint density at radius 3 is 2.88 bits per heavy atom. The number of benzene rings is 1. The van der Waals surface area contributed by atoms with E-state index in [4.69, 9.17) is 14.2 Å². The van der Waals surface area contributed by atoms with Gasteiger partial charge in [-0.1, -0.05) is 0 Å². The van der Waals surface area contributed by atoms with E-state index in [1.165, 1.54) is 24.3 Å². The van der Waals surface area contributed by atoms with Gasteiger partial charge in [0.2, 0.25) is 5.91 Å². The zero-order chi connectivity index (χ0) is 17.4. The van der Waals surface area contributed by atoms with Crippen LogP contribution in [0.1, 0.15) is 19.8 Å². The summed E-state index contributed by atoms with van der Waals surface area (Å²) in [7, 11) is 0. The quantitative estimate of drug-likeness (QED) is 0.707. The third-order valence-corrected chi connectivity index (χ3v) is 3.69. The van der Waals surface area contributed by atoms with E-state index < -0.39 is 12.2 Å². The molecule has 1 fully saturated rings. The third kappa shape index (κ3) is 6.43. The van der Waals surface area contributed by atoms with Crippen molar-refractivity contribution in [3.63, 3.8) is 0 Å². The molecule has 2 rings (SSSR count). The van der Waals surface area contributed by atoms with Gasteiger partial charge in [0.05, 0.1) is 12.7 Å². The molecule has 0 spiro atoms. The topological polar surface area (TPSA) is 77.0 Å². The SMILES string of the molecule is CC(OCC1CCCO1)C(=O)NCC(O)COc1ccc(F)cc1. The van der Waals surface area contributed by atoms with Gasteiger partial charge in [0.15, 0.2) is 0 Å². The van der Waals surface area contributed by atoms with E-state index in [-0.39, 0.29) is 31.0 Å². The number of aliphatic hydroxyl groups excluding tert-OH is 1. The maximum Gasteiger partial charge on any atom is 0.248 e. The van der Waals surface area contributed by atoms with Crippen molar-refractivity contribution in [2.24, 2.45) is 0 Å². The van der Waals surface area contributed by atoms with E-state index >= 15 is 0 Å². The standard InChI is InChI=1S/C17H24FNO5/c1-12(23-11-16-3-2-8-22-16)17(21)19-9-14(20)10-24-15-6-4-13(18)5-7-15/h4-7,12,14,16,20H,2-3,8-11H2,1H3,(H,19,21). The molecular weight excluding hydrogens is 317 g/mol. The van der Waals surface area contributed by atoms with Crippen molar-refractivity contribution in [3.8, 4) is 5.75 Å². The van der Waals surface area contributed by atoms with Crippen LogP contribution in [0.5, 0.6) is 5.75 Å². The third-order valence-electron chi connectivity index (χ3n) is 3.69. The second-order valence-corrected chi connectivity index (χ2v) is 5.77. The van der Waals surface area contributed by atoms with Crippen LogP contribution in [0.25, 0.3) is 0 Å². The molecule has 1 aromatic rings. The number of hydrogen-bond acceptors (Lipinski definition) is 5. The predicted molar refractivity (Wildman–Crippen MR) is 85.3 cm³/mol. The fourth-order valence-electron chi connectivity index (χ4n) is 2.25. The highest BCUT2D eigenvalue weighted by molar-refractivity contribution is 5.80. The van der Waals surface area contributed by atoms with Crippen LogP contribution in [-0.2, 0) is 14.3 Å². The summed E-state index contributed by atoms with van der Waals surface area (Å²) in [6, 6.07) is 5.50. The van der Waals surface area contributed by atoms with E-state index in [1.807, 2.05) is 0 Å². The van der Waals surface area contributed by atoms with Gasteiger partial charge in [0, 0.05) is 13.2 Å². The fraction of sp³-hybridized carbons (Fsp3) is 0.588. The Balaban J connectivity index is 1.60. The van der Waals surface area contributed by atoms with Gasteiger partial charge in [-0.25, -0.2) is 4.39 Å². The number of ether oxygens (including phenoxy) is 3. The lowest BCUT2D eigenvalue weighted by Crippen LogP contribution is -2.41. The maximum atomic E-state index is 12.8. The lowest BCUT2D eigenvalue weighted by Gasteiger charge is -2.18. The van der Waals surface area contributed by atoms with Crippen molar-refractivity contribution in [2.75, 3.05) is 26.4 Å². The number of carbonyl (C=O) groups is 1. The highest BCUT2D eigenvalue weighted by Crippen LogP contribution is 2.13. The Morgan fingerprint density at radius 1 is 1.46 bits per heavy atom. The first kappa shape index (κ1) is 18.6. The van der Waals surface area contributed by atoms with Gasteiger partial charge < -0.3 is 24.6 Å². The Bertz CT molecular complexity index is 504. The van der Waals surface area contributed by atoms with Crippen LogP contribution in [0.15, 0.2) is 24.3 Å². The van der Waals surface area contributed by atoms with E-state index in [9.17, 15) is 14.3 Å². The Hall–Kier alpha value is -1.70. The van der Waals surface area contributed by atoms with Crippen LogP contribution >= 0.6 is 0 Å². The highest BCUT2D eigenvalue weighted by atomic mass is 19.1. The predicted octanol–water partition coefficient (Wildman–Crippen LogP) is 1.27. The molecular formula is C17H24FNO5. The molecule has 7 heteroatoms. The van der Waals surface area contributed by atoms with E-state index in [2.05, 4.69) is 5.32 Å². The van der Waals surface area contributed by atoms with Crippen LogP contribution in [0.2, 0.25) is 0 Å². The average molecular weight is 341 g/mol. The van der Waals surface area contributed by atoms with Crippen molar-refractivity contribution in [1.29, 1.82) is 0 Å². The molecule has 2 N–H and O–H groups in total. The molecule has 0 bridgehead atoms. The number of rotatable bonds is 9. The molecule has 0 radical (unpaired) electrons. The number of hydrogen-bond donors (Lipinski definition) is 2. The molecule has 24 heavy (non-hydrogen) atoms. The number of halogens is 1. The van der Waals surface area contributed by atoms with Crippen LogP contribution in [0, 0.1) is 5.82 Å². The lowest BCUT2D eigenvalue weighted by molar-refractivity contribution is -0.134. The van der Waals surface area contributed by atoms with Crippen LogP contribution in [-0.4, -0.2) is 55.7 Å². The molecule has 1 saturated heterocycles. The van der Waals surface area contributed by atoms with E-state index in [0.29, 0.717) is 12.4 Å². The molecule has 1 aliphatic heterocycles. The molecule has 1 amide bonds.